The van der Waals surface area contributed by atoms with Crippen molar-refractivity contribution in [2.75, 3.05) is 29.9 Å². The number of hydrogen-bond acceptors (Lipinski definition) is 4. The van der Waals surface area contributed by atoms with E-state index >= 15 is 0 Å². The van der Waals surface area contributed by atoms with E-state index in [0.29, 0.717) is 6.42 Å². The number of nitrogens with zero attached hydrogens (tertiary/aromatic N) is 2. The molecule has 136 valence electrons. The van der Waals surface area contributed by atoms with E-state index in [1.165, 1.54) is 0 Å². The van der Waals surface area contributed by atoms with Gasteiger partial charge in [-0.05, 0) is 45.4 Å². The van der Waals surface area contributed by atoms with Crippen LogP contribution in [0.25, 0.3) is 0 Å². The zero-order valence-corrected chi connectivity index (χ0v) is 15.2. The summed E-state index contributed by atoms with van der Waals surface area (Å²) < 4.78 is 5.74. The Hall–Kier alpha value is -1.92. The number of ether oxygens (including phenoxy) is 1. The first-order valence-electron chi connectivity index (χ1n) is 9.05. The summed E-state index contributed by atoms with van der Waals surface area (Å²) in [7, 11) is 0. The van der Waals surface area contributed by atoms with E-state index in [0.717, 1.165) is 37.4 Å². The van der Waals surface area contributed by atoms with Crippen LogP contribution in [0.5, 0.6) is 0 Å². The van der Waals surface area contributed by atoms with E-state index in [9.17, 15) is 9.59 Å². The quantitative estimate of drug-likeness (QED) is 0.909. The third kappa shape index (κ3) is 4.19. The van der Waals surface area contributed by atoms with Gasteiger partial charge in [-0.2, -0.15) is 0 Å². The van der Waals surface area contributed by atoms with E-state index in [2.05, 4.69) is 10.2 Å². The molecule has 3 atom stereocenters. The second-order valence-electron chi connectivity index (χ2n) is 7.08. The number of morpholine rings is 1. The molecule has 2 heterocycles. The summed E-state index contributed by atoms with van der Waals surface area (Å²) in [5.74, 6) is 0.110. The van der Waals surface area contributed by atoms with Crippen molar-refractivity contribution in [2.45, 2.75) is 51.9 Å². The molecule has 0 unspecified atom stereocenters. The number of rotatable bonds is 4. The molecule has 2 amide bonds. The Kier molecular flexibility index (Phi) is 5.39. The fourth-order valence-corrected chi connectivity index (χ4v) is 3.62. The van der Waals surface area contributed by atoms with Crippen LogP contribution in [0.1, 0.15) is 33.6 Å². The van der Waals surface area contributed by atoms with E-state index < -0.39 is 0 Å². The number of anilines is 2. The summed E-state index contributed by atoms with van der Waals surface area (Å²) in [5, 5.41) is 2.99. The summed E-state index contributed by atoms with van der Waals surface area (Å²) in [6.07, 6.45) is 1.74. The number of benzene rings is 1. The van der Waals surface area contributed by atoms with Gasteiger partial charge in [0, 0.05) is 37.4 Å². The molecule has 0 bridgehead atoms. The highest BCUT2D eigenvalue weighted by atomic mass is 16.5. The maximum Gasteiger partial charge on any atom is 0.241 e. The first-order valence-corrected chi connectivity index (χ1v) is 9.05. The average Bonchev–Trinajstić information content (AvgIpc) is 2.99. The first-order chi connectivity index (χ1) is 11.9. The molecule has 2 fully saturated rings. The summed E-state index contributed by atoms with van der Waals surface area (Å²) in [6.45, 7) is 8.24. The molecule has 3 rings (SSSR count). The van der Waals surface area contributed by atoms with Crippen molar-refractivity contribution >= 4 is 23.2 Å². The van der Waals surface area contributed by atoms with Gasteiger partial charge in [0.15, 0.2) is 0 Å². The smallest absolute Gasteiger partial charge is 0.241 e. The summed E-state index contributed by atoms with van der Waals surface area (Å²) in [4.78, 5) is 28.5. The molecule has 0 spiro atoms. The van der Waals surface area contributed by atoms with Gasteiger partial charge >= 0.3 is 0 Å². The monoisotopic (exact) mass is 345 g/mol. The number of amides is 2. The van der Waals surface area contributed by atoms with Gasteiger partial charge in [-0.1, -0.05) is 6.07 Å². The number of hydrogen-bond donors (Lipinski definition) is 1. The van der Waals surface area contributed by atoms with Crippen LogP contribution >= 0.6 is 0 Å². The fourth-order valence-electron chi connectivity index (χ4n) is 3.62. The van der Waals surface area contributed by atoms with Crippen molar-refractivity contribution in [3.05, 3.63) is 24.3 Å². The van der Waals surface area contributed by atoms with Crippen molar-refractivity contribution in [2.24, 2.45) is 0 Å². The third-order valence-corrected chi connectivity index (χ3v) is 4.87. The van der Waals surface area contributed by atoms with Crippen LogP contribution in [-0.4, -0.2) is 54.6 Å². The van der Waals surface area contributed by atoms with Gasteiger partial charge in [-0.15, -0.1) is 0 Å². The topological polar surface area (TPSA) is 61.9 Å². The van der Waals surface area contributed by atoms with Gasteiger partial charge in [0.05, 0.1) is 18.2 Å². The second-order valence-corrected chi connectivity index (χ2v) is 7.08. The van der Waals surface area contributed by atoms with Crippen LogP contribution in [-0.2, 0) is 14.3 Å². The lowest BCUT2D eigenvalue weighted by Gasteiger charge is -2.38. The van der Waals surface area contributed by atoms with Crippen molar-refractivity contribution < 1.29 is 14.3 Å². The highest BCUT2D eigenvalue weighted by Crippen LogP contribution is 2.24. The Bertz CT molecular complexity index is 639. The lowest BCUT2D eigenvalue weighted by Crippen LogP contribution is -2.52. The number of nitrogens with one attached hydrogen (secondary N) is 1. The van der Waals surface area contributed by atoms with Gasteiger partial charge in [0.25, 0.3) is 0 Å². The number of carbonyl (C=O) groups is 2. The van der Waals surface area contributed by atoms with E-state index in [1.807, 2.05) is 45.0 Å². The largest absolute Gasteiger partial charge is 0.373 e. The van der Waals surface area contributed by atoms with E-state index in [1.54, 1.807) is 4.90 Å². The molecule has 25 heavy (non-hydrogen) atoms. The Morgan fingerprint density at radius 3 is 2.64 bits per heavy atom. The van der Waals surface area contributed by atoms with Gasteiger partial charge < -0.3 is 15.0 Å². The standard InChI is InChI=1S/C19H27N3O3/c1-13-11-21(12-14(2)25-13)15(3)19(24)20-16-6-4-7-17(10-16)22-9-5-8-18(22)23/h4,6-7,10,13-15H,5,8-9,11-12H2,1-3H3,(H,20,24)/t13-,14+,15-/m1/s1. The fraction of sp³-hybridized carbons (Fsp3) is 0.579. The molecule has 6 heteroatoms. The van der Waals surface area contributed by atoms with Crippen LogP contribution in [0.15, 0.2) is 24.3 Å². The predicted octanol–water partition coefficient (Wildman–Crippen LogP) is 2.25. The van der Waals surface area contributed by atoms with Crippen molar-refractivity contribution in [1.82, 2.24) is 4.90 Å². The molecule has 2 aliphatic heterocycles. The molecule has 2 saturated heterocycles. The molecular formula is C19H27N3O3. The van der Waals surface area contributed by atoms with Crippen molar-refractivity contribution in [3.63, 3.8) is 0 Å². The molecular weight excluding hydrogens is 318 g/mol. The summed E-state index contributed by atoms with van der Waals surface area (Å²) in [6, 6.07) is 7.29. The van der Waals surface area contributed by atoms with Gasteiger partial charge in [0.2, 0.25) is 11.8 Å². The minimum absolute atomic E-state index is 0.0359. The summed E-state index contributed by atoms with van der Waals surface area (Å²) >= 11 is 0. The SMILES string of the molecule is C[C@@H]1CN([C@H](C)C(=O)Nc2cccc(N3CCCC3=O)c2)C[C@H](C)O1. The predicted molar refractivity (Wildman–Crippen MR) is 97.7 cm³/mol. The van der Waals surface area contributed by atoms with Crippen LogP contribution in [0.3, 0.4) is 0 Å². The zero-order chi connectivity index (χ0) is 18.0. The minimum Gasteiger partial charge on any atom is -0.373 e. The summed E-state index contributed by atoms with van der Waals surface area (Å²) in [5.41, 5.74) is 1.57. The zero-order valence-electron chi connectivity index (χ0n) is 15.2. The van der Waals surface area contributed by atoms with Crippen molar-refractivity contribution in [1.29, 1.82) is 0 Å². The number of carbonyl (C=O) groups excluding carboxylic acids is 2. The van der Waals surface area contributed by atoms with E-state index in [4.69, 9.17) is 4.74 Å². The molecule has 0 radical (unpaired) electrons. The lowest BCUT2D eigenvalue weighted by molar-refractivity contribution is -0.126. The maximum atomic E-state index is 12.6. The Labute approximate surface area is 149 Å². The normalized spacial score (nSPS) is 25.9. The first kappa shape index (κ1) is 17.9. The highest BCUT2D eigenvalue weighted by Gasteiger charge is 2.29. The minimum atomic E-state index is -0.231. The van der Waals surface area contributed by atoms with Crippen LogP contribution in [0, 0.1) is 0 Å². The molecule has 0 saturated carbocycles. The van der Waals surface area contributed by atoms with E-state index in [-0.39, 0.29) is 30.1 Å². The lowest BCUT2D eigenvalue weighted by atomic mass is 10.1. The van der Waals surface area contributed by atoms with Gasteiger partial charge in [-0.3, -0.25) is 14.5 Å². The average molecular weight is 345 g/mol. The molecule has 1 N–H and O–H groups in total. The Morgan fingerprint density at radius 2 is 2.00 bits per heavy atom. The molecule has 1 aromatic rings. The third-order valence-electron chi connectivity index (χ3n) is 4.87. The van der Waals surface area contributed by atoms with Crippen LogP contribution in [0.2, 0.25) is 0 Å². The molecule has 1 aromatic carbocycles. The Balaban J connectivity index is 1.65. The van der Waals surface area contributed by atoms with Crippen LogP contribution in [0.4, 0.5) is 11.4 Å². The van der Waals surface area contributed by atoms with Crippen LogP contribution < -0.4 is 10.2 Å². The Morgan fingerprint density at radius 1 is 1.28 bits per heavy atom. The molecule has 2 aliphatic rings. The molecule has 6 nitrogen and oxygen atoms in total. The van der Waals surface area contributed by atoms with Crippen molar-refractivity contribution in [3.8, 4) is 0 Å². The maximum absolute atomic E-state index is 12.6. The second kappa shape index (κ2) is 7.54. The van der Waals surface area contributed by atoms with Gasteiger partial charge in [-0.25, -0.2) is 0 Å². The highest BCUT2D eigenvalue weighted by molar-refractivity contribution is 5.98. The van der Waals surface area contributed by atoms with Gasteiger partial charge in [0.1, 0.15) is 0 Å². The molecule has 0 aromatic heterocycles. The molecule has 0 aliphatic carbocycles.